The number of rotatable bonds is 0. The Balaban J connectivity index is -0.000000114. The topological polar surface area (TPSA) is 0 Å². The third-order valence-corrected chi connectivity index (χ3v) is 0.866. The summed E-state index contributed by atoms with van der Waals surface area (Å²) in [6.07, 6.45) is 2.19. The molecule has 0 bridgehead atoms. The maximum atomic E-state index is 2.19. The van der Waals surface area contributed by atoms with Gasteiger partial charge in [-0.1, -0.05) is 20.8 Å². The van der Waals surface area contributed by atoms with Crippen LogP contribution in [0.1, 0.15) is 48.5 Å². The van der Waals surface area contributed by atoms with Crippen molar-refractivity contribution >= 4 is 0 Å². The zero-order valence-corrected chi connectivity index (χ0v) is 11.9. The molecule has 0 aromatic carbocycles. The molecule has 1 heteroatoms. The fraction of sp³-hybridized carbons (Fsp3) is 0.800. The first kappa shape index (κ1) is 17.7. The second kappa shape index (κ2) is 8.78. The predicted molar refractivity (Wildman–Crippen MR) is 49.7 cm³/mol. The molecule has 0 aromatic heterocycles. The summed E-state index contributed by atoms with van der Waals surface area (Å²) in [6.45, 7) is 14.9. The Morgan fingerprint density at radius 3 is 1.09 bits per heavy atom. The van der Waals surface area contributed by atoms with Gasteiger partial charge in [0.25, 0.3) is 0 Å². The minimum absolute atomic E-state index is 0. The van der Waals surface area contributed by atoms with Gasteiger partial charge in [0.05, 0.1) is 0 Å². The van der Waals surface area contributed by atoms with Crippen molar-refractivity contribution in [3.05, 3.63) is 12.3 Å². The molecule has 0 aromatic rings. The van der Waals surface area contributed by atoms with Crippen LogP contribution in [0, 0.1) is 17.8 Å². The van der Waals surface area contributed by atoms with Crippen molar-refractivity contribution in [2.75, 3.05) is 0 Å². The molecular formula is C10H22W. The average Bonchev–Trinajstić information content (AvgIpc) is 1.63. The minimum atomic E-state index is 0. The molecular weight excluding hydrogens is 304 g/mol. The van der Waals surface area contributed by atoms with Gasteiger partial charge in [-0.2, -0.15) is 33.1 Å². The van der Waals surface area contributed by atoms with Gasteiger partial charge in [-0.25, -0.2) is 0 Å². The van der Waals surface area contributed by atoms with E-state index in [0.29, 0.717) is 5.41 Å². The SMILES string of the molecule is C[C-](C)C.C[CH-]C(C)(C)C.[W+2]. The van der Waals surface area contributed by atoms with Gasteiger partial charge in [0.2, 0.25) is 0 Å². The fourth-order valence-corrected chi connectivity index (χ4v) is 0. The van der Waals surface area contributed by atoms with E-state index in [2.05, 4.69) is 54.9 Å². The first-order valence-corrected chi connectivity index (χ1v) is 3.87. The third-order valence-electron chi connectivity index (χ3n) is 0.866. The molecule has 0 aliphatic heterocycles. The summed E-state index contributed by atoms with van der Waals surface area (Å²) in [4.78, 5) is 0. The van der Waals surface area contributed by atoms with E-state index in [0.717, 1.165) is 0 Å². The van der Waals surface area contributed by atoms with E-state index in [9.17, 15) is 0 Å². The van der Waals surface area contributed by atoms with E-state index in [1.165, 1.54) is 5.92 Å². The van der Waals surface area contributed by atoms with Gasteiger partial charge in [0, 0.05) is 0 Å². The van der Waals surface area contributed by atoms with Crippen molar-refractivity contribution in [2.24, 2.45) is 5.41 Å². The number of hydrogen-bond donors (Lipinski definition) is 0. The van der Waals surface area contributed by atoms with Crippen LogP contribution < -0.4 is 0 Å². The molecule has 11 heavy (non-hydrogen) atoms. The molecule has 0 aliphatic carbocycles. The average molecular weight is 326 g/mol. The molecule has 68 valence electrons. The van der Waals surface area contributed by atoms with Gasteiger partial charge in [-0.05, 0) is 0 Å². The smallest absolute Gasteiger partial charge is 0.326 e. The van der Waals surface area contributed by atoms with E-state index in [-0.39, 0.29) is 21.1 Å². The molecule has 0 saturated carbocycles. The third kappa shape index (κ3) is 59.3. The van der Waals surface area contributed by atoms with E-state index in [1.807, 2.05) is 0 Å². The van der Waals surface area contributed by atoms with Crippen LogP contribution in [0.2, 0.25) is 0 Å². The molecule has 0 amide bonds. The zero-order chi connectivity index (χ0) is 8.78. The van der Waals surface area contributed by atoms with Crippen molar-refractivity contribution in [2.45, 2.75) is 48.5 Å². The van der Waals surface area contributed by atoms with Gasteiger partial charge < -0.3 is 12.3 Å². The second-order valence-electron chi connectivity index (χ2n) is 4.15. The minimum Gasteiger partial charge on any atom is -0.326 e. The zero-order valence-electron chi connectivity index (χ0n) is 8.99. The quantitative estimate of drug-likeness (QED) is 0.593. The normalized spacial score (nSPS) is 9.82. The summed E-state index contributed by atoms with van der Waals surface area (Å²) >= 11 is 0. The van der Waals surface area contributed by atoms with Gasteiger partial charge >= 0.3 is 21.1 Å². The van der Waals surface area contributed by atoms with Gasteiger partial charge in [0.1, 0.15) is 0 Å². The van der Waals surface area contributed by atoms with E-state index < -0.39 is 0 Å². The Bertz CT molecular complexity index is 57.0. The Hall–Kier alpha value is 0.688. The first-order valence-electron chi connectivity index (χ1n) is 3.87. The van der Waals surface area contributed by atoms with Crippen LogP contribution in [-0.2, 0) is 21.1 Å². The van der Waals surface area contributed by atoms with Crippen molar-refractivity contribution < 1.29 is 21.1 Å². The van der Waals surface area contributed by atoms with Gasteiger partial charge in [-0.15, -0.1) is 0 Å². The summed E-state index contributed by atoms with van der Waals surface area (Å²) < 4.78 is 0. The summed E-state index contributed by atoms with van der Waals surface area (Å²) in [6, 6.07) is 0. The van der Waals surface area contributed by atoms with Crippen molar-refractivity contribution in [1.82, 2.24) is 0 Å². The molecule has 0 aliphatic rings. The standard InChI is InChI=1S/C6H13.C4H9.W/c1-5-6(2,3)4;1-4(2)3;/h5H,1-4H3;1-3H3;/q2*-1;+2. The largest absolute Gasteiger partial charge is 2.00 e. The summed E-state index contributed by atoms with van der Waals surface area (Å²) in [5, 5.41) is 0. The van der Waals surface area contributed by atoms with Crippen molar-refractivity contribution in [3.63, 3.8) is 0 Å². The summed E-state index contributed by atoms with van der Waals surface area (Å²) in [5.41, 5.74) is 0.417. The molecule has 0 spiro atoms. The molecule has 0 atom stereocenters. The second-order valence-corrected chi connectivity index (χ2v) is 4.15. The maximum Gasteiger partial charge on any atom is 2.00 e. The van der Waals surface area contributed by atoms with Crippen LogP contribution in [-0.4, -0.2) is 0 Å². The van der Waals surface area contributed by atoms with Crippen LogP contribution in [0.5, 0.6) is 0 Å². The Morgan fingerprint density at radius 2 is 1.09 bits per heavy atom. The van der Waals surface area contributed by atoms with Crippen molar-refractivity contribution in [1.29, 1.82) is 0 Å². The van der Waals surface area contributed by atoms with Crippen LogP contribution in [0.3, 0.4) is 0 Å². The Kier molecular flexibility index (Phi) is 14.1. The van der Waals surface area contributed by atoms with Gasteiger partial charge in [-0.3, -0.25) is 0 Å². The fourth-order valence-electron chi connectivity index (χ4n) is 0. The van der Waals surface area contributed by atoms with E-state index in [4.69, 9.17) is 0 Å². The van der Waals surface area contributed by atoms with Crippen LogP contribution in [0.15, 0.2) is 0 Å². The van der Waals surface area contributed by atoms with E-state index >= 15 is 0 Å². The van der Waals surface area contributed by atoms with E-state index in [1.54, 1.807) is 0 Å². The van der Waals surface area contributed by atoms with Crippen LogP contribution in [0.4, 0.5) is 0 Å². The van der Waals surface area contributed by atoms with Crippen molar-refractivity contribution in [3.8, 4) is 0 Å². The predicted octanol–water partition coefficient (Wildman–Crippen LogP) is 3.87. The van der Waals surface area contributed by atoms with Gasteiger partial charge in [0.15, 0.2) is 0 Å². The Morgan fingerprint density at radius 1 is 1.00 bits per heavy atom. The van der Waals surface area contributed by atoms with Crippen LogP contribution in [0.25, 0.3) is 0 Å². The molecule has 0 heterocycles. The summed E-state index contributed by atoms with van der Waals surface area (Å²) in [5.74, 6) is 1.42. The monoisotopic (exact) mass is 326 g/mol. The molecule has 0 unspecified atom stereocenters. The molecule has 0 saturated heterocycles. The molecule has 0 fully saturated rings. The molecule has 0 rings (SSSR count). The summed E-state index contributed by atoms with van der Waals surface area (Å²) in [7, 11) is 0. The maximum absolute atomic E-state index is 2.19. The number of hydrogen-bond acceptors (Lipinski definition) is 0. The molecule has 0 N–H and O–H groups in total. The van der Waals surface area contributed by atoms with Crippen LogP contribution >= 0.6 is 0 Å². The molecule has 0 radical (unpaired) electrons. The molecule has 0 nitrogen and oxygen atoms in total. The Labute approximate surface area is 87.4 Å². The first-order chi connectivity index (χ1) is 4.29.